The Bertz CT molecular complexity index is 939. The first-order chi connectivity index (χ1) is 13.5. The van der Waals surface area contributed by atoms with Crippen molar-refractivity contribution in [1.29, 1.82) is 0 Å². The lowest BCUT2D eigenvalue weighted by atomic mass is 10.1. The number of amides is 2. The van der Waals surface area contributed by atoms with E-state index >= 15 is 0 Å². The molecule has 0 aliphatic rings. The fourth-order valence-corrected chi connectivity index (χ4v) is 3.36. The summed E-state index contributed by atoms with van der Waals surface area (Å²) in [6.07, 6.45) is 0.744. The molecule has 2 aromatic carbocycles. The van der Waals surface area contributed by atoms with E-state index in [2.05, 4.69) is 20.8 Å². The van der Waals surface area contributed by atoms with Crippen molar-refractivity contribution in [3.63, 3.8) is 0 Å². The predicted molar refractivity (Wildman–Crippen MR) is 110 cm³/mol. The van der Waals surface area contributed by atoms with Crippen LogP contribution < -0.4 is 10.6 Å². The minimum Gasteiger partial charge on any atom is -0.350 e. The second-order valence-corrected chi connectivity index (χ2v) is 7.58. The first-order valence-corrected chi connectivity index (χ1v) is 9.87. The maximum Gasteiger partial charge on any atom is 0.286 e. The van der Waals surface area contributed by atoms with Gasteiger partial charge in [0.2, 0.25) is 10.9 Å². The monoisotopic (exact) mass is 394 g/mol. The van der Waals surface area contributed by atoms with Crippen LogP contribution in [0.2, 0.25) is 0 Å². The van der Waals surface area contributed by atoms with Crippen molar-refractivity contribution in [2.75, 3.05) is 5.32 Å². The average molecular weight is 395 g/mol. The number of hydrogen-bond acceptors (Lipinski definition) is 5. The van der Waals surface area contributed by atoms with Crippen LogP contribution >= 0.6 is 11.3 Å². The molecule has 0 radical (unpaired) electrons. The molecule has 0 aliphatic heterocycles. The molecule has 3 aromatic rings. The molecule has 3 rings (SSSR count). The van der Waals surface area contributed by atoms with Crippen molar-refractivity contribution in [3.05, 3.63) is 75.7 Å². The fourth-order valence-electron chi connectivity index (χ4n) is 2.63. The van der Waals surface area contributed by atoms with E-state index in [4.69, 9.17) is 0 Å². The normalized spacial score (nSPS) is 11.6. The number of aromatic nitrogens is 2. The topological polar surface area (TPSA) is 84.0 Å². The summed E-state index contributed by atoms with van der Waals surface area (Å²) in [6.45, 7) is 3.94. The van der Waals surface area contributed by atoms with Gasteiger partial charge in [0, 0.05) is 18.5 Å². The lowest BCUT2D eigenvalue weighted by Crippen LogP contribution is -2.26. The number of rotatable bonds is 7. The van der Waals surface area contributed by atoms with Crippen LogP contribution in [0, 0.1) is 6.92 Å². The minimum atomic E-state index is -0.297. The number of nitrogens with one attached hydrogen (secondary N) is 2. The standard InChI is InChI=1S/C21H22N4O2S/c1-14-8-10-17(11-9-14)23-20(27)21-25-24-19(28-21)13-12-18(26)22-15(2)16-6-4-3-5-7-16/h3-11,15H,12-13H2,1-2H3,(H,22,26)(H,23,27). The van der Waals surface area contributed by atoms with Crippen molar-refractivity contribution in [2.24, 2.45) is 0 Å². The highest BCUT2D eigenvalue weighted by molar-refractivity contribution is 7.13. The summed E-state index contributed by atoms with van der Waals surface area (Å²) in [5.41, 5.74) is 2.89. The summed E-state index contributed by atoms with van der Waals surface area (Å²) in [6, 6.07) is 17.3. The highest BCUT2D eigenvalue weighted by atomic mass is 32.1. The van der Waals surface area contributed by atoms with E-state index in [1.165, 1.54) is 11.3 Å². The maximum absolute atomic E-state index is 12.3. The Morgan fingerprint density at radius 1 is 1.04 bits per heavy atom. The summed E-state index contributed by atoms with van der Waals surface area (Å²) in [4.78, 5) is 24.4. The van der Waals surface area contributed by atoms with Crippen LogP contribution in [0.1, 0.15) is 45.3 Å². The Morgan fingerprint density at radius 3 is 2.46 bits per heavy atom. The number of benzene rings is 2. The van der Waals surface area contributed by atoms with Gasteiger partial charge < -0.3 is 10.6 Å². The zero-order valence-electron chi connectivity index (χ0n) is 15.8. The van der Waals surface area contributed by atoms with Gasteiger partial charge in [-0.15, -0.1) is 10.2 Å². The third-order valence-electron chi connectivity index (χ3n) is 4.21. The first-order valence-electron chi connectivity index (χ1n) is 9.06. The summed E-state index contributed by atoms with van der Waals surface area (Å²) in [5, 5.41) is 14.7. The van der Waals surface area contributed by atoms with Gasteiger partial charge in [-0.25, -0.2) is 0 Å². The average Bonchev–Trinajstić information content (AvgIpc) is 3.18. The summed E-state index contributed by atoms with van der Waals surface area (Å²) in [5.74, 6) is -0.355. The van der Waals surface area contributed by atoms with Crippen molar-refractivity contribution < 1.29 is 9.59 Å². The van der Waals surface area contributed by atoms with Crippen LogP contribution in [0.25, 0.3) is 0 Å². The van der Waals surface area contributed by atoms with Crippen molar-refractivity contribution in [2.45, 2.75) is 32.7 Å². The Morgan fingerprint density at radius 2 is 1.75 bits per heavy atom. The van der Waals surface area contributed by atoms with E-state index in [1.54, 1.807) is 0 Å². The molecule has 1 unspecified atom stereocenters. The minimum absolute atomic E-state index is 0.0565. The van der Waals surface area contributed by atoms with E-state index in [9.17, 15) is 9.59 Å². The molecule has 7 heteroatoms. The number of aryl methyl sites for hydroxylation is 2. The molecule has 1 heterocycles. The molecule has 28 heavy (non-hydrogen) atoms. The maximum atomic E-state index is 12.3. The second kappa shape index (κ2) is 9.23. The Hall–Kier alpha value is -3.06. The SMILES string of the molecule is Cc1ccc(NC(=O)c2nnc(CCC(=O)NC(C)c3ccccc3)s2)cc1. The number of nitrogens with zero attached hydrogens (tertiary/aromatic N) is 2. The third kappa shape index (κ3) is 5.47. The molecule has 0 aliphatic carbocycles. The van der Waals surface area contributed by atoms with Crippen molar-refractivity contribution in [3.8, 4) is 0 Å². The number of anilines is 1. The van der Waals surface area contributed by atoms with Gasteiger partial charge in [0.05, 0.1) is 6.04 Å². The Kier molecular flexibility index (Phi) is 6.49. The van der Waals surface area contributed by atoms with Crippen LogP contribution in [0.3, 0.4) is 0 Å². The Balaban J connectivity index is 1.49. The lowest BCUT2D eigenvalue weighted by molar-refractivity contribution is -0.121. The van der Waals surface area contributed by atoms with Gasteiger partial charge in [-0.3, -0.25) is 9.59 Å². The van der Waals surface area contributed by atoms with Gasteiger partial charge in [-0.1, -0.05) is 59.4 Å². The molecule has 1 atom stereocenters. The molecular weight excluding hydrogens is 372 g/mol. The molecule has 0 spiro atoms. The molecule has 0 fully saturated rings. The molecular formula is C21H22N4O2S. The van der Waals surface area contributed by atoms with E-state index in [1.807, 2.05) is 68.4 Å². The summed E-state index contributed by atoms with van der Waals surface area (Å²) < 4.78 is 0. The molecule has 144 valence electrons. The summed E-state index contributed by atoms with van der Waals surface area (Å²) >= 11 is 1.21. The van der Waals surface area contributed by atoms with Crippen molar-refractivity contribution >= 4 is 28.8 Å². The zero-order chi connectivity index (χ0) is 19.9. The van der Waals surface area contributed by atoms with E-state index in [0.29, 0.717) is 23.5 Å². The van der Waals surface area contributed by atoms with E-state index in [0.717, 1.165) is 11.1 Å². The van der Waals surface area contributed by atoms with E-state index in [-0.39, 0.29) is 22.9 Å². The Labute approximate surface area is 168 Å². The molecule has 0 saturated carbocycles. The van der Waals surface area contributed by atoms with Gasteiger partial charge in [-0.05, 0) is 31.5 Å². The molecule has 0 bridgehead atoms. The van der Waals surface area contributed by atoms with Gasteiger partial charge in [0.15, 0.2) is 0 Å². The smallest absolute Gasteiger partial charge is 0.286 e. The zero-order valence-corrected chi connectivity index (χ0v) is 16.6. The van der Waals surface area contributed by atoms with Crippen LogP contribution in [0.5, 0.6) is 0 Å². The summed E-state index contributed by atoms with van der Waals surface area (Å²) in [7, 11) is 0. The lowest BCUT2D eigenvalue weighted by Gasteiger charge is -2.13. The number of carbonyl (C=O) groups excluding carboxylic acids is 2. The predicted octanol–water partition coefficient (Wildman–Crippen LogP) is 3.91. The largest absolute Gasteiger partial charge is 0.350 e. The van der Waals surface area contributed by atoms with Gasteiger partial charge in [-0.2, -0.15) is 0 Å². The fraction of sp³-hybridized carbons (Fsp3) is 0.238. The van der Waals surface area contributed by atoms with Crippen molar-refractivity contribution in [1.82, 2.24) is 15.5 Å². The molecule has 2 N–H and O–H groups in total. The van der Waals surface area contributed by atoms with Crippen LogP contribution in [-0.4, -0.2) is 22.0 Å². The van der Waals surface area contributed by atoms with E-state index < -0.39 is 0 Å². The van der Waals surface area contributed by atoms with Crippen LogP contribution in [0.15, 0.2) is 54.6 Å². The van der Waals surface area contributed by atoms with Gasteiger partial charge >= 0.3 is 0 Å². The molecule has 1 aromatic heterocycles. The molecule has 0 saturated heterocycles. The van der Waals surface area contributed by atoms with Gasteiger partial charge in [0.25, 0.3) is 5.91 Å². The third-order valence-corrected chi connectivity index (χ3v) is 5.20. The molecule has 2 amide bonds. The molecule has 6 nitrogen and oxygen atoms in total. The van der Waals surface area contributed by atoms with Crippen LogP contribution in [-0.2, 0) is 11.2 Å². The van der Waals surface area contributed by atoms with Crippen LogP contribution in [0.4, 0.5) is 5.69 Å². The van der Waals surface area contributed by atoms with Gasteiger partial charge in [0.1, 0.15) is 5.01 Å². The highest BCUT2D eigenvalue weighted by Crippen LogP contribution is 2.16. The number of hydrogen-bond donors (Lipinski definition) is 2. The quantitative estimate of drug-likeness (QED) is 0.636. The first kappa shape index (κ1) is 19.7. The second-order valence-electron chi connectivity index (χ2n) is 6.52. The number of carbonyl (C=O) groups is 2. The highest BCUT2D eigenvalue weighted by Gasteiger charge is 2.15.